The Kier molecular flexibility index (Phi) is 29.1. The second-order valence-electron chi connectivity index (χ2n) is 31.0. The Morgan fingerprint density at radius 2 is 0.843 bits per heavy atom. The van der Waals surface area contributed by atoms with E-state index in [9.17, 15) is 41.9 Å². The molecular weight excluding hydrogens is 1440 g/mol. The normalized spacial score (nSPS) is 19.8. The molecule has 6 saturated heterocycles. The number of urea groups is 2. The number of piperazine rings is 3. The molecule has 582 valence electrons. The maximum atomic E-state index is 13.6. The first-order valence-corrected chi connectivity index (χ1v) is 39.2. The van der Waals surface area contributed by atoms with Crippen LogP contribution < -0.4 is 16.2 Å². The maximum Gasteiger partial charge on any atom is 0.573 e. The number of ether oxygens (including phenoxy) is 1. The van der Waals surface area contributed by atoms with E-state index >= 15 is 0 Å². The Bertz CT molecular complexity index is 3840. The van der Waals surface area contributed by atoms with E-state index in [0.29, 0.717) is 131 Å². The fourth-order valence-corrected chi connectivity index (χ4v) is 16.7. The lowest BCUT2D eigenvalue weighted by molar-refractivity contribution is -0.274. The van der Waals surface area contributed by atoms with E-state index in [-0.39, 0.29) is 83.0 Å². The van der Waals surface area contributed by atoms with Gasteiger partial charge in [0.05, 0.1) is 23.8 Å². The number of nitrogens with zero attached hydrogens (tertiary/aromatic N) is 10. The molecule has 12 rings (SSSR count). The highest BCUT2D eigenvalue weighted by Gasteiger charge is 2.43. The number of pyridine rings is 1. The minimum atomic E-state index is -4.74. The second kappa shape index (κ2) is 38.1. The second-order valence-corrected chi connectivity index (χ2v) is 32.3. The lowest BCUT2D eigenvalue weighted by Crippen LogP contribution is -2.60. The molecule has 0 spiro atoms. The number of aromatic nitrogens is 1. The van der Waals surface area contributed by atoms with E-state index in [2.05, 4.69) is 106 Å². The summed E-state index contributed by atoms with van der Waals surface area (Å²) in [5.41, 5.74) is 17.0. The third-order valence-corrected chi connectivity index (χ3v) is 23.2. The lowest BCUT2D eigenvalue weighted by Gasteiger charge is -2.50. The van der Waals surface area contributed by atoms with Gasteiger partial charge in [-0.05, 0) is 156 Å². The standard InChI is InChI=1S/C31H40F3N3O3.C27H36ClN5O2.C25H30Cl2N4O2/c1-22(38)35-16-14-23(15-17-35)20-28(39)37-19-18-36(21-27(37)30(2,3)4)29(24-8-6-5-7-9-24)25-10-12-26(13-11-25)40-31(32,33)34;1-19(2)24-18-32(26(23-5-3-4-12-30-23)21-6-8-22(28)9-7-21)15-16-33(24)25(34)17-20-10-13-31(14-11-20)27(29)35;26-21-5-1-19(2-6-21)24(20-3-7-22(27)8-4-20)30-15-13-29(14-16-30)23(32)17-18-9-11-31(12-10-18)25(28)33/h5-13,23,27,29H,14-21H2,1-4H3;3-9,12,19-20,24,26H,10-11,13-18H2,1-2H3,(H2,29,35);1-8,18,24H,9-17H2,(H2,28,33)/t27-,29?;24-,26?;/m11./s1. The average Bonchev–Trinajstić information content (AvgIpc) is 0.787. The summed E-state index contributed by atoms with van der Waals surface area (Å²) >= 11 is 18.4. The van der Waals surface area contributed by atoms with Crippen LogP contribution in [-0.4, -0.2) is 208 Å². The highest BCUT2D eigenvalue weighted by Crippen LogP contribution is 2.39. The number of benzene rings is 5. The number of alkyl halides is 3. The van der Waals surface area contributed by atoms with Crippen molar-refractivity contribution < 1.29 is 46.7 Å². The third-order valence-electron chi connectivity index (χ3n) is 22.4. The third kappa shape index (κ3) is 22.8. The number of carbonyl (C=O) groups excluding carboxylic acids is 6. The molecule has 1 aromatic heterocycles. The van der Waals surface area contributed by atoms with Crippen molar-refractivity contribution in [3.8, 4) is 5.75 Å². The monoisotopic (exact) mass is 1540 g/mol. The number of nitrogens with two attached hydrogens (primary N) is 2. The van der Waals surface area contributed by atoms with Crippen molar-refractivity contribution >= 4 is 70.5 Å². The number of hydrogen-bond donors (Lipinski definition) is 2. The smallest absolute Gasteiger partial charge is 0.406 e. The van der Waals surface area contributed by atoms with E-state index in [1.807, 2.05) is 99.8 Å². The molecule has 0 aliphatic carbocycles. The fraction of sp³-hybridized carbons (Fsp3) is 0.506. The molecule has 0 saturated carbocycles. The van der Waals surface area contributed by atoms with Gasteiger partial charge in [-0.1, -0.05) is 154 Å². The predicted molar refractivity (Wildman–Crippen MR) is 417 cm³/mol. The molecule has 6 fully saturated rings. The van der Waals surface area contributed by atoms with Gasteiger partial charge in [-0.2, -0.15) is 0 Å². The van der Waals surface area contributed by atoms with Crippen LogP contribution >= 0.6 is 34.8 Å². The van der Waals surface area contributed by atoms with Crippen molar-refractivity contribution in [2.24, 2.45) is 40.6 Å². The Labute approximate surface area is 649 Å². The number of likely N-dealkylation sites (tertiary alicyclic amines) is 3. The minimum absolute atomic E-state index is 0.00472. The first kappa shape index (κ1) is 82.5. The largest absolute Gasteiger partial charge is 0.573 e. The van der Waals surface area contributed by atoms with Crippen molar-refractivity contribution in [3.05, 3.63) is 200 Å². The zero-order valence-electron chi connectivity index (χ0n) is 63.1. The van der Waals surface area contributed by atoms with Gasteiger partial charge in [-0.3, -0.25) is 38.9 Å². The van der Waals surface area contributed by atoms with Crippen LogP contribution in [0.5, 0.6) is 5.75 Å². The first-order valence-electron chi connectivity index (χ1n) is 38.1. The summed E-state index contributed by atoms with van der Waals surface area (Å²) < 4.78 is 42.3. The summed E-state index contributed by atoms with van der Waals surface area (Å²) in [6.07, 6.45) is 3.69. The quantitative estimate of drug-likeness (QED) is 0.0878. The summed E-state index contributed by atoms with van der Waals surface area (Å²) in [4.78, 5) is 97.6. The molecule has 4 N–H and O–H groups in total. The molecule has 0 bridgehead atoms. The molecule has 0 radical (unpaired) electrons. The molecular formula is C83H106Cl3F3N12O7. The van der Waals surface area contributed by atoms with Gasteiger partial charge in [0.1, 0.15) is 5.75 Å². The lowest BCUT2D eigenvalue weighted by atomic mass is 9.82. The summed E-state index contributed by atoms with van der Waals surface area (Å²) in [6.45, 7) is 23.5. The van der Waals surface area contributed by atoms with Crippen molar-refractivity contribution in [2.75, 3.05) is 105 Å². The number of piperidine rings is 3. The Balaban J connectivity index is 0.000000174. The van der Waals surface area contributed by atoms with Gasteiger partial charge in [-0.15, -0.1) is 13.2 Å². The zero-order valence-corrected chi connectivity index (χ0v) is 65.3. The summed E-state index contributed by atoms with van der Waals surface area (Å²) in [7, 11) is 0. The van der Waals surface area contributed by atoms with Gasteiger partial charge in [0.25, 0.3) is 0 Å². The van der Waals surface area contributed by atoms with Crippen molar-refractivity contribution in [2.45, 2.75) is 136 Å². The average molecular weight is 1550 g/mol. The highest BCUT2D eigenvalue weighted by molar-refractivity contribution is 6.31. The highest BCUT2D eigenvalue weighted by atomic mass is 35.5. The van der Waals surface area contributed by atoms with Crippen molar-refractivity contribution in [3.63, 3.8) is 0 Å². The molecule has 4 atom stereocenters. The number of hydrogen-bond acceptors (Lipinski definition) is 11. The van der Waals surface area contributed by atoms with Crippen LogP contribution in [0.4, 0.5) is 22.8 Å². The molecule has 5 aromatic carbocycles. The molecule has 19 nitrogen and oxygen atoms in total. The Morgan fingerprint density at radius 1 is 0.454 bits per heavy atom. The van der Waals surface area contributed by atoms with E-state index < -0.39 is 6.36 Å². The molecule has 25 heteroatoms. The van der Waals surface area contributed by atoms with Gasteiger partial charge in [-0.25, -0.2) is 9.59 Å². The van der Waals surface area contributed by atoms with Crippen LogP contribution in [0, 0.1) is 29.1 Å². The van der Waals surface area contributed by atoms with Gasteiger partial charge < -0.3 is 45.6 Å². The van der Waals surface area contributed by atoms with E-state index in [1.54, 1.807) is 28.9 Å². The Hall–Kier alpha value is -7.99. The summed E-state index contributed by atoms with van der Waals surface area (Å²) in [6, 6.07) is 45.2. The molecule has 6 aliphatic rings. The minimum Gasteiger partial charge on any atom is -0.406 e. The number of primary amides is 2. The Morgan fingerprint density at radius 3 is 1.27 bits per heavy atom. The molecule has 2 unspecified atom stereocenters. The van der Waals surface area contributed by atoms with Crippen molar-refractivity contribution in [1.82, 2.24) is 49.1 Å². The zero-order chi connectivity index (χ0) is 77.4. The van der Waals surface area contributed by atoms with Crippen LogP contribution in [0.15, 0.2) is 152 Å². The number of amides is 8. The molecule has 8 amide bonds. The van der Waals surface area contributed by atoms with Crippen LogP contribution in [-0.2, 0) is 19.2 Å². The van der Waals surface area contributed by atoms with E-state index in [4.69, 9.17) is 46.3 Å². The van der Waals surface area contributed by atoms with Crippen LogP contribution in [0.1, 0.15) is 151 Å². The predicted octanol–water partition coefficient (Wildman–Crippen LogP) is 14.5. The van der Waals surface area contributed by atoms with Gasteiger partial charge in [0.15, 0.2) is 0 Å². The first-order chi connectivity index (χ1) is 51.5. The van der Waals surface area contributed by atoms with E-state index in [0.717, 1.165) is 87.1 Å². The van der Waals surface area contributed by atoms with Gasteiger partial charge in [0.2, 0.25) is 23.6 Å². The van der Waals surface area contributed by atoms with Gasteiger partial charge >= 0.3 is 18.4 Å². The van der Waals surface area contributed by atoms with Crippen LogP contribution in [0.25, 0.3) is 0 Å². The maximum absolute atomic E-state index is 13.6. The SMILES string of the molecule is CC(=O)N1CCC(CC(=O)N2CCN(C(c3ccccc3)c3ccc(OC(F)(F)F)cc3)C[C@@H]2C(C)(C)C)CC1.CC(C)[C@H]1CN(C(c2ccc(Cl)cc2)c2ccccn2)CCN1C(=O)CC1CCN(C(N)=O)CC1.NC(=O)N1CCC(CC(=O)N2CCN(C(c3ccc(Cl)cc3)c3ccc(Cl)cc3)CC2)CC1. The molecule has 6 aliphatic heterocycles. The molecule has 108 heavy (non-hydrogen) atoms. The summed E-state index contributed by atoms with van der Waals surface area (Å²) in [5, 5.41) is 2.14. The molecule has 7 heterocycles. The van der Waals surface area contributed by atoms with Crippen LogP contribution in [0.3, 0.4) is 0 Å². The summed E-state index contributed by atoms with van der Waals surface area (Å²) in [5.74, 6) is 1.66. The number of carbonyl (C=O) groups is 6. The molecule has 6 aromatic rings. The number of rotatable bonds is 17. The fourth-order valence-electron chi connectivity index (χ4n) is 16.3. The van der Waals surface area contributed by atoms with Crippen molar-refractivity contribution in [1.29, 1.82) is 0 Å². The van der Waals surface area contributed by atoms with Gasteiger partial charge in [0, 0.05) is 164 Å². The number of halogens is 6. The van der Waals surface area contributed by atoms with Crippen LogP contribution in [0.2, 0.25) is 15.1 Å². The topological polar surface area (TPSA) is 206 Å². The van der Waals surface area contributed by atoms with E-state index in [1.165, 1.54) is 23.3 Å².